The molecule has 88 valence electrons. The Kier molecular flexibility index (Phi) is 5.83. The topological polar surface area (TPSA) is 52.4 Å². The van der Waals surface area contributed by atoms with Crippen LogP contribution in [0.15, 0.2) is 18.2 Å². The van der Waals surface area contributed by atoms with E-state index in [0.29, 0.717) is 17.9 Å². The third-order valence-electron chi connectivity index (χ3n) is 1.94. The highest BCUT2D eigenvalue weighted by Crippen LogP contribution is 2.25. The molecule has 0 bridgehead atoms. The molecule has 6 heteroatoms. The van der Waals surface area contributed by atoms with E-state index in [4.69, 9.17) is 16.3 Å². The third-order valence-corrected chi connectivity index (χ3v) is 2.99. The van der Waals surface area contributed by atoms with Gasteiger partial charge < -0.3 is 4.74 Å². The molecule has 0 heterocycles. The van der Waals surface area contributed by atoms with E-state index >= 15 is 0 Å². The summed E-state index contributed by atoms with van der Waals surface area (Å²) in [6.07, 6.45) is 0.952. The van der Waals surface area contributed by atoms with Crippen molar-refractivity contribution in [3.63, 3.8) is 0 Å². The van der Waals surface area contributed by atoms with Crippen molar-refractivity contribution in [1.82, 2.24) is 0 Å². The number of hydrogen-bond acceptors (Lipinski definition) is 3. The summed E-state index contributed by atoms with van der Waals surface area (Å²) in [4.78, 5) is 10.2. The van der Waals surface area contributed by atoms with Gasteiger partial charge in [-0.15, -0.1) is 11.6 Å². The van der Waals surface area contributed by atoms with Crippen LogP contribution in [0.2, 0.25) is 0 Å². The zero-order valence-corrected chi connectivity index (χ0v) is 11.4. The highest BCUT2D eigenvalue weighted by Gasteiger charge is 2.13. The molecule has 1 aromatic rings. The van der Waals surface area contributed by atoms with Crippen LogP contribution < -0.4 is 4.74 Å². The smallest absolute Gasteiger partial charge is 0.274 e. The van der Waals surface area contributed by atoms with Crippen molar-refractivity contribution in [1.29, 1.82) is 0 Å². The van der Waals surface area contributed by atoms with Gasteiger partial charge in [-0.2, -0.15) is 0 Å². The maximum Gasteiger partial charge on any atom is 0.274 e. The highest BCUT2D eigenvalue weighted by atomic mass is 127. The van der Waals surface area contributed by atoms with Gasteiger partial charge in [-0.25, -0.2) is 0 Å². The fraction of sp³-hybridized carbons (Fsp3) is 0.400. The van der Waals surface area contributed by atoms with Crippen molar-refractivity contribution >= 4 is 39.9 Å². The number of halogens is 2. The van der Waals surface area contributed by atoms with Crippen molar-refractivity contribution in [2.75, 3.05) is 11.0 Å². The van der Waals surface area contributed by atoms with Crippen molar-refractivity contribution in [3.8, 4) is 5.75 Å². The number of nitrogens with zero attached hydrogens (tertiary/aromatic N) is 1. The monoisotopic (exact) mass is 355 g/mol. The summed E-state index contributed by atoms with van der Waals surface area (Å²) in [5.41, 5.74) is 0.523. The van der Waals surface area contributed by atoms with Gasteiger partial charge >= 0.3 is 0 Å². The molecule has 1 aromatic carbocycles. The summed E-state index contributed by atoms with van der Waals surface area (Å²) >= 11 is 7.92. The predicted molar refractivity (Wildman–Crippen MR) is 71.7 cm³/mol. The lowest BCUT2D eigenvalue weighted by molar-refractivity contribution is -0.385. The van der Waals surface area contributed by atoms with Gasteiger partial charge in [-0.3, -0.25) is 10.1 Å². The summed E-state index contributed by atoms with van der Waals surface area (Å²) < 4.78 is 6.46. The number of nitro groups is 1. The van der Waals surface area contributed by atoms with Gasteiger partial charge in [0.05, 0.1) is 17.4 Å². The second kappa shape index (κ2) is 6.90. The van der Waals surface area contributed by atoms with E-state index in [0.717, 1.165) is 10.8 Å². The zero-order chi connectivity index (χ0) is 12.0. The molecule has 0 radical (unpaired) electrons. The van der Waals surface area contributed by atoms with Crippen molar-refractivity contribution in [2.45, 2.75) is 12.3 Å². The Bertz CT molecular complexity index is 373. The van der Waals surface area contributed by atoms with E-state index in [2.05, 4.69) is 22.6 Å². The van der Waals surface area contributed by atoms with Gasteiger partial charge in [0.25, 0.3) is 5.69 Å². The van der Waals surface area contributed by atoms with Crippen LogP contribution in [0.4, 0.5) is 5.69 Å². The quantitative estimate of drug-likeness (QED) is 0.258. The van der Waals surface area contributed by atoms with E-state index in [-0.39, 0.29) is 11.6 Å². The number of hydrogen-bond donors (Lipinski definition) is 0. The summed E-state index contributed by atoms with van der Waals surface area (Å²) in [5, 5.41) is 10.7. The first kappa shape index (κ1) is 13.5. The van der Waals surface area contributed by atoms with Crippen molar-refractivity contribution < 1.29 is 9.66 Å². The number of alkyl halides is 2. The normalized spacial score (nSPS) is 10.1. The van der Waals surface area contributed by atoms with Gasteiger partial charge in [0, 0.05) is 16.1 Å². The zero-order valence-electron chi connectivity index (χ0n) is 8.49. The molecule has 0 aliphatic carbocycles. The summed E-state index contributed by atoms with van der Waals surface area (Å²) in [6, 6.07) is 4.65. The average Bonchev–Trinajstić information content (AvgIpc) is 2.29. The minimum atomic E-state index is -0.438. The minimum Gasteiger partial charge on any atom is -0.494 e. The lowest BCUT2D eigenvalue weighted by atomic mass is 10.2. The second-order valence-electron chi connectivity index (χ2n) is 3.07. The lowest BCUT2D eigenvalue weighted by Crippen LogP contribution is -1.99. The minimum absolute atomic E-state index is 0.0382. The molecule has 0 N–H and O–H groups in total. The first-order valence-electron chi connectivity index (χ1n) is 4.71. The molecule has 0 atom stereocenters. The Morgan fingerprint density at radius 3 is 2.81 bits per heavy atom. The molecular weight excluding hydrogens is 344 g/mol. The molecule has 1 rings (SSSR count). The van der Waals surface area contributed by atoms with Gasteiger partial charge in [-0.1, -0.05) is 22.6 Å². The van der Waals surface area contributed by atoms with Gasteiger partial charge in [0.1, 0.15) is 5.75 Å². The molecule has 0 amide bonds. The van der Waals surface area contributed by atoms with Crippen LogP contribution in [-0.4, -0.2) is 16.0 Å². The molecule has 0 unspecified atom stereocenters. The molecular formula is C10H11ClINO3. The Morgan fingerprint density at radius 1 is 1.50 bits per heavy atom. The Hall–Kier alpha value is -0.560. The SMILES string of the molecule is O=[N+]([O-])c1ccc(OCCCI)cc1CCl. The number of nitro benzene ring substituents is 1. The Labute approximate surface area is 112 Å². The first-order valence-corrected chi connectivity index (χ1v) is 6.77. The molecule has 0 aliphatic heterocycles. The van der Waals surface area contributed by atoms with Crippen LogP contribution in [0.1, 0.15) is 12.0 Å². The van der Waals surface area contributed by atoms with Crippen LogP contribution >= 0.6 is 34.2 Å². The van der Waals surface area contributed by atoms with E-state index in [1.54, 1.807) is 12.1 Å². The number of ether oxygens (including phenoxy) is 1. The molecule has 0 fully saturated rings. The van der Waals surface area contributed by atoms with E-state index in [9.17, 15) is 10.1 Å². The molecule has 0 aromatic heterocycles. The molecule has 0 aliphatic rings. The predicted octanol–water partition coefficient (Wildman–Crippen LogP) is 3.54. The third kappa shape index (κ3) is 3.79. The molecule has 0 spiro atoms. The maximum absolute atomic E-state index is 10.7. The summed E-state index contributed by atoms with van der Waals surface area (Å²) in [6.45, 7) is 0.614. The van der Waals surface area contributed by atoms with Crippen LogP contribution in [-0.2, 0) is 5.88 Å². The van der Waals surface area contributed by atoms with Crippen LogP contribution in [0, 0.1) is 10.1 Å². The molecule has 0 saturated heterocycles. The maximum atomic E-state index is 10.7. The summed E-state index contributed by atoms with van der Waals surface area (Å²) in [7, 11) is 0. The molecule has 4 nitrogen and oxygen atoms in total. The fourth-order valence-electron chi connectivity index (χ4n) is 1.18. The second-order valence-corrected chi connectivity index (χ2v) is 4.42. The Balaban J connectivity index is 2.78. The molecule has 0 saturated carbocycles. The number of benzene rings is 1. The highest BCUT2D eigenvalue weighted by molar-refractivity contribution is 14.1. The molecule has 16 heavy (non-hydrogen) atoms. The average molecular weight is 356 g/mol. The number of rotatable bonds is 6. The van der Waals surface area contributed by atoms with Gasteiger partial charge in [0.15, 0.2) is 0 Å². The van der Waals surface area contributed by atoms with Crippen molar-refractivity contribution in [3.05, 3.63) is 33.9 Å². The fourth-order valence-corrected chi connectivity index (χ4v) is 1.71. The largest absolute Gasteiger partial charge is 0.494 e. The van der Waals surface area contributed by atoms with Crippen LogP contribution in [0.5, 0.6) is 5.75 Å². The van der Waals surface area contributed by atoms with E-state index in [1.807, 2.05) is 0 Å². The van der Waals surface area contributed by atoms with Crippen LogP contribution in [0.3, 0.4) is 0 Å². The lowest BCUT2D eigenvalue weighted by Gasteiger charge is -2.06. The van der Waals surface area contributed by atoms with E-state index in [1.165, 1.54) is 6.07 Å². The van der Waals surface area contributed by atoms with E-state index < -0.39 is 4.92 Å². The van der Waals surface area contributed by atoms with Crippen LogP contribution in [0.25, 0.3) is 0 Å². The van der Waals surface area contributed by atoms with Gasteiger partial charge in [0.2, 0.25) is 0 Å². The Morgan fingerprint density at radius 2 is 2.25 bits per heavy atom. The first-order chi connectivity index (χ1) is 7.69. The summed E-state index contributed by atoms with van der Waals surface area (Å²) in [5.74, 6) is 0.742. The standard InChI is InChI=1S/C10H11ClINO3/c11-7-8-6-9(16-5-1-4-12)2-3-10(8)13(14)15/h2-3,6H,1,4-5,7H2. The van der Waals surface area contributed by atoms with Crippen molar-refractivity contribution in [2.24, 2.45) is 0 Å². The van der Waals surface area contributed by atoms with Gasteiger partial charge in [-0.05, 0) is 18.6 Å².